The molecule has 0 fully saturated rings. The van der Waals surface area contributed by atoms with Crippen LogP contribution in [0.3, 0.4) is 0 Å². The summed E-state index contributed by atoms with van der Waals surface area (Å²) < 4.78 is 0. The number of likely N-dealkylation sites (N-methyl/N-ethyl adjacent to an activating group) is 1. The Kier molecular flexibility index (Phi) is 6.84. The maximum absolute atomic E-state index is 10.4. The third-order valence-corrected chi connectivity index (χ3v) is 2.89. The topological polar surface area (TPSA) is 77.5 Å². The summed E-state index contributed by atoms with van der Waals surface area (Å²) in [6.07, 6.45) is 0.577. The molecule has 0 bridgehead atoms. The largest absolute Gasteiger partial charge is 0.465 e. The normalized spacial score (nSPS) is 10.7. The van der Waals surface area contributed by atoms with Crippen molar-refractivity contribution in [3.63, 3.8) is 0 Å². The van der Waals surface area contributed by atoms with Gasteiger partial charge in [0, 0.05) is 25.8 Å². The van der Waals surface area contributed by atoms with E-state index in [1.165, 1.54) is 0 Å². The average Bonchev–Trinajstić information content (AvgIpc) is 2.40. The molecule has 0 aliphatic rings. The van der Waals surface area contributed by atoms with Gasteiger partial charge < -0.3 is 15.3 Å². The SMILES string of the molecule is CCN(CC)CCNCc1ccc(NC(=O)O)nc1. The van der Waals surface area contributed by atoms with E-state index in [0.717, 1.165) is 38.3 Å². The van der Waals surface area contributed by atoms with Crippen LogP contribution >= 0.6 is 0 Å². The van der Waals surface area contributed by atoms with Crippen LogP contribution in [0.2, 0.25) is 0 Å². The van der Waals surface area contributed by atoms with Gasteiger partial charge in [0.1, 0.15) is 5.82 Å². The Bertz CT molecular complexity index is 377. The van der Waals surface area contributed by atoms with Crippen LogP contribution in [0.1, 0.15) is 19.4 Å². The van der Waals surface area contributed by atoms with Gasteiger partial charge in [0.25, 0.3) is 0 Å². The second-order valence-electron chi connectivity index (χ2n) is 4.19. The minimum atomic E-state index is -1.10. The van der Waals surface area contributed by atoms with E-state index in [9.17, 15) is 4.79 Å². The van der Waals surface area contributed by atoms with E-state index in [1.54, 1.807) is 12.3 Å². The predicted octanol–water partition coefficient (Wildman–Crippen LogP) is 1.60. The lowest BCUT2D eigenvalue weighted by atomic mass is 10.3. The first-order valence-corrected chi connectivity index (χ1v) is 6.53. The number of hydrogen-bond donors (Lipinski definition) is 3. The third-order valence-electron chi connectivity index (χ3n) is 2.89. The fraction of sp³-hybridized carbons (Fsp3) is 0.538. The summed E-state index contributed by atoms with van der Waals surface area (Å²) in [5.74, 6) is 0.347. The number of anilines is 1. The first-order valence-electron chi connectivity index (χ1n) is 6.53. The van der Waals surface area contributed by atoms with Crippen molar-refractivity contribution in [3.8, 4) is 0 Å². The van der Waals surface area contributed by atoms with Crippen LogP contribution in [0.4, 0.5) is 10.6 Å². The average molecular weight is 266 g/mol. The molecule has 0 unspecified atom stereocenters. The minimum Gasteiger partial charge on any atom is -0.465 e. The van der Waals surface area contributed by atoms with Crippen LogP contribution in [-0.2, 0) is 6.54 Å². The fourth-order valence-electron chi connectivity index (χ4n) is 1.72. The van der Waals surface area contributed by atoms with Gasteiger partial charge in [0.2, 0.25) is 0 Å². The Morgan fingerprint density at radius 3 is 2.63 bits per heavy atom. The highest BCUT2D eigenvalue weighted by Crippen LogP contribution is 2.04. The second kappa shape index (κ2) is 8.44. The lowest BCUT2D eigenvalue weighted by molar-refractivity contribution is 0.209. The third kappa shape index (κ3) is 6.17. The zero-order valence-corrected chi connectivity index (χ0v) is 11.5. The number of rotatable bonds is 8. The van der Waals surface area contributed by atoms with Gasteiger partial charge in [-0.2, -0.15) is 0 Å². The van der Waals surface area contributed by atoms with E-state index >= 15 is 0 Å². The van der Waals surface area contributed by atoms with Gasteiger partial charge in [-0.1, -0.05) is 19.9 Å². The van der Waals surface area contributed by atoms with Crippen LogP contribution in [0.25, 0.3) is 0 Å². The van der Waals surface area contributed by atoms with E-state index in [4.69, 9.17) is 5.11 Å². The van der Waals surface area contributed by atoms with E-state index in [-0.39, 0.29) is 0 Å². The summed E-state index contributed by atoms with van der Waals surface area (Å²) >= 11 is 0. The Morgan fingerprint density at radius 1 is 1.37 bits per heavy atom. The van der Waals surface area contributed by atoms with E-state index in [1.807, 2.05) is 6.07 Å². The van der Waals surface area contributed by atoms with Crippen molar-refractivity contribution >= 4 is 11.9 Å². The van der Waals surface area contributed by atoms with Gasteiger partial charge in [-0.15, -0.1) is 0 Å². The summed E-state index contributed by atoms with van der Waals surface area (Å²) in [5, 5.41) is 14.1. The summed E-state index contributed by atoms with van der Waals surface area (Å²) in [6, 6.07) is 3.53. The quantitative estimate of drug-likeness (QED) is 0.623. The molecule has 0 spiro atoms. The maximum Gasteiger partial charge on any atom is 0.410 e. The zero-order chi connectivity index (χ0) is 14.1. The number of carbonyl (C=O) groups is 1. The number of nitrogens with one attached hydrogen (secondary N) is 2. The standard InChI is InChI=1S/C13H22N4O2/c1-3-17(4-2)8-7-14-9-11-5-6-12(15-10-11)16-13(18)19/h5-6,10,14H,3-4,7-9H2,1-2H3,(H,15,16)(H,18,19). The van der Waals surface area contributed by atoms with Crippen LogP contribution < -0.4 is 10.6 Å². The Balaban J connectivity index is 2.28. The number of pyridine rings is 1. The van der Waals surface area contributed by atoms with Crippen LogP contribution in [0, 0.1) is 0 Å². The highest BCUT2D eigenvalue weighted by molar-refractivity contribution is 5.81. The molecule has 1 rings (SSSR count). The van der Waals surface area contributed by atoms with E-state index < -0.39 is 6.09 Å². The molecule has 3 N–H and O–H groups in total. The molecule has 1 aromatic heterocycles. The fourth-order valence-corrected chi connectivity index (χ4v) is 1.72. The van der Waals surface area contributed by atoms with Gasteiger partial charge in [-0.05, 0) is 24.7 Å². The Morgan fingerprint density at radius 2 is 2.11 bits per heavy atom. The van der Waals surface area contributed by atoms with Crippen molar-refractivity contribution < 1.29 is 9.90 Å². The van der Waals surface area contributed by atoms with Gasteiger partial charge >= 0.3 is 6.09 Å². The van der Waals surface area contributed by atoms with Crippen molar-refractivity contribution in [1.82, 2.24) is 15.2 Å². The lowest BCUT2D eigenvalue weighted by Crippen LogP contribution is -2.31. The molecular formula is C13H22N4O2. The molecule has 6 nitrogen and oxygen atoms in total. The van der Waals surface area contributed by atoms with Gasteiger partial charge in [-0.25, -0.2) is 9.78 Å². The highest BCUT2D eigenvalue weighted by Gasteiger charge is 2.00. The van der Waals surface area contributed by atoms with E-state index in [2.05, 4.69) is 34.4 Å². The molecule has 1 heterocycles. The second-order valence-corrected chi connectivity index (χ2v) is 4.19. The first-order chi connectivity index (χ1) is 9.15. The molecule has 0 saturated carbocycles. The van der Waals surface area contributed by atoms with Crippen LogP contribution in [-0.4, -0.2) is 47.3 Å². The van der Waals surface area contributed by atoms with Gasteiger partial charge in [-0.3, -0.25) is 5.32 Å². The number of hydrogen-bond acceptors (Lipinski definition) is 4. The summed E-state index contributed by atoms with van der Waals surface area (Å²) in [5.41, 5.74) is 1.04. The van der Waals surface area contributed by atoms with Crippen LogP contribution in [0.15, 0.2) is 18.3 Å². The molecule has 1 amide bonds. The number of carboxylic acid groups (broad SMARTS) is 1. The molecule has 0 radical (unpaired) electrons. The summed E-state index contributed by atoms with van der Waals surface area (Å²) in [6.45, 7) is 9.13. The molecular weight excluding hydrogens is 244 g/mol. The Labute approximate surface area is 113 Å². The molecule has 1 aromatic rings. The molecule has 106 valence electrons. The molecule has 0 aliphatic heterocycles. The summed E-state index contributed by atoms with van der Waals surface area (Å²) in [7, 11) is 0. The van der Waals surface area contributed by atoms with E-state index in [0.29, 0.717) is 5.82 Å². The van der Waals surface area contributed by atoms with Crippen molar-refractivity contribution in [1.29, 1.82) is 0 Å². The van der Waals surface area contributed by atoms with Crippen molar-refractivity contribution in [2.24, 2.45) is 0 Å². The molecule has 0 aliphatic carbocycles. The van der Waals surface area contributed by atoms with Crippen molar-refractivity contribution in [2.45, 2.75) is 20.4 Å². The number of nitrogens with zero attached hydrogens (tertiary/aromatic N) is 2. The Hall–Kier alpha value is -1.66. The molecule has 0 atom stereocenters. The van der Waals surface area contributed by atoms with Gasteiger partial charge in [0.05, 0.1) is 0 Å². The minimum absolute atomic E-state index is 0.347. The smallest absolute Gasteiger partial charge is 0.410 e. The first kappa shape index (κ1) is 15.4. The predicted molar refractivity (Wildman–Crippen MR) is 75.4 cm³/mol. The lowest BCUT2D eigenvalue weighted by Gasteiger charge is -2.17. The molecule has 0 saturated heterocycles. The zero-order valence-electron chi connectivity index (χ0n) is 11.5. The number of amides is 1. The maximum atomic E-state index is 10.4. The monoisotopic (exact) mass is 266 g/mol. The van der Waals surface area contributed by atoms with Gasteiger partial charge in [0.15, 0.2) is 0 Å². The van der Waals surface area contributed by atoms with Crippen molar-refractivity contribution in [3.05, 3.63) is 23.9 Å². The molecule has 6 heteroatoms. The molecule has 19 heavy (non-hydrogen) atoms. The summed E-state index contributed by atoms with van der Waals surface area (Å²) in [4.78, 5) is 16.8. The highest BCUT2D eigenvalue weighted by atomic mass is 16.4. The van der Waals surface area contributed by atoms with Crippen molar-refractivity contribution in [2.75, 3.05) is 31.5 Å². The number of aromatic nitrogens is 1. The molecule has 0 aromatic carbocycles. The van der Waals surface area contributed by atoms with Crippen LogP contribution in [0.5, 0.6) is 0 Å².